The predicted octanol–water partition coefficient (Wildman–Crippen LogP) is 2.79. The number of aryl methyl sites for hydroxylation is 2. The van der Waals surface area contributed by atoms with Crippen LogP contribution in [0.15, 0.2) is 46.8 Å². The number of nitrogens with two attached hydrogens (primary N) is 1. The number of rotatable bonds is 8. The van der Waals surface area contributed by atoms with Crippen molar-refractivity contribution in [3.63, 3.8) is 0 Å². The third-order valence-electron chi connectivity index (χ3n) is 7.12. The highest BCUT2D eigenvalue weighted by Gasteiger charge is 2.47. The Labute approximate surface area is 240 Å². The van der Waals surface area contributed by atoms with E-state index in [9.17, 15) is 36.3 Å². The number of amidine groups is 1. The number of sulfonamides is 1. The van der Waals surface area contributed by atoms with Crippen molar-refractivity contribution in [2.45, 2.75) is 38.6 Å². The van der Waals surface area contributed by atoms with Gasteiger partial charge < -0.3 is 20.9 Å². The van der Waals surface area contributed by atoms with Crippen molar-refractivity contribution in [2.75, 3.05) is 31.1 Å². The second-order valence-corrected chi connectivity index (χ2v) is 11.8. The van der Waals surface area contributed by atoms with Gasteiger partial charge in [0.2, 0.25) is 10.0 Å². The highest BCUT2D eigenvalue weighted by molar-refractivity contribution is 7.92. The van der Waals surface area contributed by atoms with Gasteiger partial charge in [-0.1, -0.05) is 12.1 Å². The highest BCUT2D eigenvalue weighted by Crippen LogP contribution is 2.33. The summed E-state index contributed by atoms with van der Waals surface area (Å²) in [5, 5.41) is 12.9. The molecule has 2 aromatic rings. The number of urea groups is 1. The molecule has 1 saturated heterocycles. The van der Waals surface area contributed by atoms with E-state index in [1.165, 1.54) is 27.4 Å². The Kier molecular flexibility index (Phi) is 8.66. The number of amides is 3. The number of ether oxygens (including phenoxy) is 1. The number of primary amides is 1. The summed E-state index contributed by atoms with van der Waals surface area (Å²) in [6.45, 7) is 3.24. The van der Waals surface area contributed by atoms with Crippen LogP contribution in [0.5, 0.6) is 5.75 Å². The van der Waals surface area contributed by atoms with Crippen molar-refractivity contribution in [3.8, 4) is 5.75 Å². The van der Waals surface area contributed by atoms with Gasteiger partial charge in [0.25, 0.3) is 5.91 Å². The summed E-state index contributed by atoms with van der Waals surface area (Å²) in [4.78, 5) is 30.3. The minimum Gasteiger partial charge on any atom is -0.406 e. The number of aliphatic hydroxyl groups excluding tert-OH is 1. The molecule has 4 N–H and O–H groups in total. The molecule has 2 aliphatic heterocycles. The van der Waals surface area contributed by atoms with Gasteiger partial charge in [0.1, 0.15) is 17.1 Å². The van der Waals surface area contributed by atoms with E-state index in [4.69, 9.17) is 5.73 Å². The summed E-state index contributed by atoms with van der Waals surface area (Å²) in [5.74, 6) is -0.821. The van der Waals surface area contributed by atoms with Crippen molar-refractivity contribution in [3.05, 3.63) is 64.1 Å². The number of aliphatic hydroxyl groups is 1. The van der Waals surface area contributed by atoms with Crippen LogP contribution >= 0.6 is 0 Å². The van der Waals surface area contributed by atoms with E-state index in [2.05, 4.69) is 15.0 Å². The van der Waals surface area contributed by atoms with Crippen LogP contribution in [0.25, 0.3) is 6.08 Å². The molecule has 15 heteroatoms. The Morgan fingerprint density at radius 1 is 1.21 bits per heavy atom. The van der Waals surface area contributed by atoms with E-state index in [1.807, 2.05) is 0 Å². The molecular formula is C27H30F3N5O6S. The first kappa shape index (κ1) is 31.0. The number of alkyl halides is 3. The van der Waals surface area contributed by atoms with Gasteiger partial charge in [0.15, 0.2) is 0 Å². The fourth-order valence-corrected chi connectivity index (χ4v) is 6.19. The topological polar surface area (TPSA) is 155 Å². The number of benzene rings is 2. The molecule has 2 aromatic carbocycles. The van der Waals surface area contributed by atoms with Gasteiger partial charge in [-0.2, -0.15) is 4.31 Å². The van der Waals surface area contributed by atoms with Crippen molar-refractivity contribution >= 4 is 39.6 Å². The summed E-state index contributed by atoms with van der Waals surface area (Å²) in [7, 11) is -3.88. The largest absolute Gasteiger partial charge is 0.573 e. The molecule has 4 rings (SSSR count). The molecule has 2 aliphatic rings. The van der Waals surface area contributed by atoms with Crippen molar-refractivity contribution < 1.29 is 41.0 Å². The van der Waals surface area contributed by atoms with E-state index in [0.29, 0.717) is 22.4 Å². The number of anilines is 1. The van der Waals surface area contributed by atoms with E-state index in [1.54, 1.807) is 26.0 Å². The summed E-state index contributed by atoms with van der Waals surface area (Å²) in [5.41, 5.74) is 6.88. The molecule has 11 nitrogen and oxygen atoms in total. The molecule has 1 fully saturated rings. The Hall–Kier alpha value is -3.95. The number of aliphatic imine (C=N–C) groups is 1. The van der Waals surface area contributed by atoms with E-state index in [-0.39, 0.29) is 50.5 Å². The number of hydrogen-bond acceptors (Lipinski definition) is 7. The Morgan fingerprint density at radius 3 is 2.43 bits per heavy atom. The molecule has 3 amide bonds. The molecule has 42 heavy (non-hydrogen) atoms. The molecule has 0 atom stereocenters. The highest BCUT2D eigenvalue weighted by atomic mass is 32.2. The quantitative estimate of drug-likeness (QED) is 0.418. The zero-order valence-electron chi connectivity index (χ0n) is 22.8. The number of carbonyl (C=O) groups is 2. The number of halogens is 3. The molecule has 0 unspecified atom stereocenters. The van der Waals surface area contributed by atoms with Crippen LogP contribution in [0.3, 0.4) is 0 Å². The average Bonchev–Trinajstić information content (AvgIpc) is 3.21. The molecule has 1 spiro atoms. The normalized spacial score (nSPS) is 17.4. The van der Waals surface area contributed by atoms with Gasteiger partial charge in [0, 0.05) is 29.7 Å². The lowest BCUT2D eigenvalue weighted by Crippen LogP contribution is -2.50. The lowest BCUT2D eigenvalue weighted by atomic mass is 9.89. The number of nitrogens with zero attached hydrogens (tertiary/aromatic N) is 3. The SMILES string of the molecule is Cc1cc(N(CCO)C(N)=O)cc(C)c1C=CS(=O)(=O)N1CCC2(CC1)N=C(c1cccc(OC(F)(F)F)c1)NC2=O. The van der Waals surface area contributed by atoms with Gasteiger partial charge in [0.05, 0.1) is 13.2 Å². The van der Waals surface area contributed by atoms with E-state index < -0.39 is 39.6 Å². The zero-order chi connectivity index (χ0) is 30.9. The summed E-state index contributed by atoms with van der Waals surface area (Å²) in [6, 6.07) is 7.69. The number of nitrogens with one attached hydrogen (secondary N) is 1. The van der Waals surface area contributed by atoms with Gasteiger partial charge in [-0.05, 0) is 73.7 Å². The summed E-state index contributed by atoms with van der Waals surface area (Å²) in [6.07, 6.45) is -3.26. The molecule has 0 radical (unpaired) electrons. The number of hydrogen-bond donors (Lipinski definition) is 3. The van der Waals surface area contributed by atoms with Gasteiger partial charge >= 0.3 is 12.4 Å². The Bertz CT molecular complexity index is 1530. The van der Waals surface area contributed by atoms with Crippen LogP contribution in [0.2, 0.25) is 0 Å². The van der Waals surface area contributed by atoms with Crippen LogP contribution in [0.1, 0.15) is 35.1 Å². The van der Waals surface area contributed by atoms with Gasteiger partial charge in [-0.3, -0.25) is 14.7 Å². The minimum atomic E-state index is -4.87. The summed E-state index contributed by atoms with van der Waals surface area (Å²) < 4.78 is 69.3. The van der Waals surface area contributed by atoms with Crippen molar-refractivity contribution in [1.29, 1.82) is 0 Å². The average molecular weight is 610 g/mol. The molecule has 226 valence electrons. The first-order chi connectivity index (χ1) is 19.6. The zero-order valence-corrected chi connectivity index (χ0v) is 23.6. The molecule has 0 bridgehead atoms. The minimum absolute atomic E-state index is 0.000267. The predicted molar refractivity (Wildman–Crippen MR) is 149 cm³/mol. The van der Waals surface area contributed by atoms with Crippen LogP contribution < -0.4 is 20.7 Å². The van der Waals surface area contributed by atoms with Crippen molar-refractivity contribution in [2.24, 2.45) is 10.7 Å². The standard InChI is InChI=1S/C27H30F3N5O6S/c1-17-14-20(35(11-12-36)25(31)38)15-18(2)22(17)6-13-42(39,40)34-9-7-26(8-10-34)24(37)32-23(33-26)19-4-3-5-21(16-19)41-27(28,29)30/h3-6,13-16,36H,7-12H2,1-2H3,(H2,31,38)(H,32,33,37). The lowest BCUT2D eigenvalue weighted by Gasteiger charge is -2.34. The second kappa shape index (κ2) is 11.7. The maximum absolute atomic E-state index is 13.2. The fourth-order valence-electron chi connectivity index (χ4n) is 5.02. The maximum Gasteiger partial charge on any atom is 0.573 e. The molecule has 0 aromatic heterocycles. The van der Waals surface area contributed by atoms with E-state index >= 15 is 0 Å². The van der Waals surface area contributed by atoms with Gasteiger partial charge in [-0.15, -0.1) is 13.2 Å². The Morgan fingerprint density at radius 2 is 1.86 bits per heavy atom. The van der Waals surface area contributed by atoms with Crippen LogP contribution in [0, 0.1) is 13.8 Å². The molecule has 0 saturated carbocycles. The fraction of sp³-hybridized carbons (Fsp3) is 0.370. The second-order valence-electron chi connectivity index (χ2n) is 9.98. The monoisotopic (exact) mass is 609 g/mol. The smallest absolute Gasteiger partial charge is 0.406 e. The third-order valence-corrected chi connectivity index (χ3v) is 8.68. The van der Waals surface area contributed by atoms with E-state index in [0.717, 1.165) is 17.5 Å². The first-order valence-corrected chi connectivity index (χ1v) is 14.4. The van der Waals surface area contributed by atoms with Crippen molar-refractivity contribution in [1.82, 2.24) is 9.62 Å². The Balaban J connectivity index is 1.48. The number of carbonyl (C=O) groups excluding carboxylic acids is 2. The van der Waals surface area contributed by atoms with Crippen LogP contribution in [-0.4, -0.2) is 73.7 Å². The van der Waals surface area contributed by atoms with Crippen LogP contribution in [0.4, 0.5) is 23.7 Å². The molecular weight excluding hydrogens is 579 g/mol. The molecule has 0 aliphatic carbocycles. The first-order valence-electron chi connectivity index (χ1n) is 12.9. The van der Waals surface area contributed by atoms with Gasteiger partial charge in [-0.25, -0.2) is 13.2 Å². The number of piperidine rings is 1. The lowest BCUT2D eigenvalue weighted by molar-refractivity contribution is -0.274. The van der Waals surface area contributed by atoms with Crippen LogP contribution in [-0.2, 0) is 14.8 Å². The maximum atomic E-state index is 13.2. The summed E-state index contributed by atoms with van der Waals surface area (Å²) >= 11 is 0. The molecule has 2 heterocycles. The third kappa shape index (κ3) is 6.74.